The molecule has 1 atom stereocenters. The van der Waals surface area contributed by atoms with E-state index in [1.165, 1.54) is 18.4 Å². The molecule has 0 aliphatic carbocycles. The van der Waals surface area contributed by atoms with E-state index < -0.39 is 6.04 Å². The Morgan fingerprint density at radius 3 is 2.85 bits per heavy atom. The standard InChI is InChI=1S/C13H12BrClN2O2S/c1-7-6-20-12(16-7)11(13(18)19-2)17-8-3-4-10(15)9(14)5-8/h3-6,11,17H,1-2H3. The third kappa shape index (κ3) is 3.50. The molecule has 0 bridgehead atoms. The van der Waals surface area contributed by atoms with Crippen molar-refractivity contribution in [2.24, 2.45) is 0 Å². The van der Waals surface area contributed by atoms with Crippen molar-refractivity contribution in [1.82, 2.24) is 4.98 Å². The molecule has 2 rings (SSSR count). The Bertz CT molecular complexity index is 633. The smallest absolute Gasteiger partial charge is 0.335 e. The maximum atomic E-state index is 11.9. The molecule has 0 amide bonds. The Morgan fingerprint density at radius 1 is 1.55 bits per heavy atom. The van der Waals surface area contributed by atoms with Crippen molar-refractivity contribution >= 4 is 50.5 Å². The summed E-state index contributed by atoms with van der Waals surface area (Å²) in [5, 5.41) is 6.28. The van der Waals surface area contributed by atoms with E-state index in [4.69, 9.17) is 16.3 Å². The van der Waals surface area contributed by atoms with E-state index >= 15 is 0 Å². The predicted octanol–water partition coefficient (Wildman–Crippen LogP) is 4.19. The number of carbonyl (C=O) groups excluding carboxylic acids is 1. The molecular formula is C13H12BrClN2O2S. The molecule has 0 spiro atoms. The van der Waals surface area contributed by atoms with Crippen LogP contribution in [-0.4, -0.2) is 18.1 Å². The highest BCUT2D eigenvalue weighted by Gasteiger charge is 2.24. The number of carbonyl (C=O) groups is 1. The normalized spacial score (nSPS) is 12.0. The van der Waals surface area contributed by atoms with E-state index in [2.05, 4.69) is 26.2 Å². The summed E-state index contributed by atoms with van der Waals surface area (Å²) in [5.74, 6) is -0.384. The van der Waals surface area contributed by atoms with Gasteiger partial charge in [-0.15, -0.1) is 11.3 Å². The fourth-order valence-electron chi connectivity index (χ4n) is 1.60. The molecule has 1 N–H and O–H groups in total. The van der Waals surface area contributed by atoms with Crippen LogP contribution in [0.5, 0.6) is 0 Å². The molecule has 0 fully saturated rings. The zero-order chi connectivity index (χ0) is 14.7. The predicted molar refractivity (Wildman–Crippen MR) is 84.4 cm³/mol. The zero-order valence-electron chi connectivity index (χ0n) is 10.8. The van der Waals surface area contributed by atoms with Gasteiger partial charge in [-0.1, -0.05) is 11.6 Å². The molecule has 0 aliphatic rings. The lowest BCUT2D eigenvalue weighted by Gasteiger charge is -2.15. The van der Waals surface area contributed by atoms with Crippen LogP contribution in [0.2, 0.25) is 5.02 Å². The van der Waals surface area contributed by atoms with Crippen LogP contribution >= 0.6 is 38.9 Å². The van der Waals surface area contributed by atoms with E-state index in [0.717, 1.165) is 15.9 Å². The van der Waals surface area contributed by atoms with Crippen LogP contribution in [0, 0.1) is 6.92 Å². The number of benzene rings is 1. The molecular weight excluding hydrogens is 364 g/mol. The molecule has 1 aromatic carbocycles. The van der Waals surface area contributed by atoms with Crippen molar-refractivity contribution in [3.63, 3.8) is 0 Å². The molecule has 1 aromatic heterocycles. The lowest BCUT2D eigenvalue weighted by Crippen LogP contribution is -2.22. The lowest BCUT2D eigenvalue weighted by molar-refractivity contribution is -0.141. The summed E-state index contributed by atoms with van der Waals surface area (Å²) in [6, 6.07) is 4.71. The molecule has 7 heteroatoms. The molecule has 0 saturated carbocycles. The summed E-state index contributed by atoms with van der Waals surface area (Å²) in [4.78, 5) is 16.3. The summed E-state index contributed by atoms with van der Waals surface area (Å²) in [5.41, 5.74) is 1.63. The minimum absolute atomic E-state index is 0.384. The van der Waals surface area contributed by atoms with Gasteiger partial charge in [0.25, 0.3) is 0 Å². The second-order valence-electron chi connectivity index (χ2n) is 4.06. The third-order valence-corrected chi connectivity index (χ3v) is 4.79. The number of ether oxygens (including phenoxy) is 1. The number of anilines is 1. The number of esters is 1. The van der Waals surface area contributed by atoms with Gasteiger partial charge in [0.2, 0.25) is 0 Å². The minimum Gasteiger partial charge on any atom is -0.467 e. The number of methoxy groups -OCH3 is 1. The number of aryl methyl sites for hydroxylation is 1. The highest BCUT2D eigenvalue weighted by Crippen LogP contribution is 2.29. The second-order valence-corrected chi connectivity index (χ2v) is 6.21. The molecule has 4 nitrogen and oxygen atoms in total. The number of thiazole rings is 1. The molecule has 1 heterocycles. The highest BCUT2D eigenvalue weighted by atomic mass is 79.9. The average Bonchev–Trinajstić information content (AvgIpc) is 2.85. The second kappa shape index (κ2) is 6.56. The number of aromatic nitrogens is 1. The number of halogens is 2. The maximum absolute atomic E-state index is 11.9. The van der Waals surface area contributed by atoms with Gasteiger partial charge in [0.15, 0.2) is 6.04 Å². The fraction of sp³-hybridized carbons (Fsp3) is 0.231. The molecule has 1 unspecified atom stereocenters. The van der Waals surface area contributed by atoms with Gasteiger partial charge >= 0.3 is 5.97 Å². The van der Waals surface area contributed by atoms with Crippen molar-refractivity contribution in [2.45, 2.75) is 13.0 Å². The van der Waals surface area contributed by atoms with Crippen LogP contribution in [0.3, 0.4) is 0 Å². The van der Waals surface area contributed by atoms with Crippen LogP contribution in [0.25, 0.3) is 0 Å². The fourth-order valence-corrected chi connectivity index (χ4v) is 2.92. The zero-order valence-corrected chi connectivity index (χ0v) is 14.0. The first-order valence-electron chi connectivity index (χ1n) is 5.72. The summed E-state index contributed by atoms with van der Waals surface area (Å²) < 4.78 is 5.58. The summed E-state index contributed by atoms with van der Waals surface area (Å²) in [6.45, 7) is 1.88. The third-order valence-electron chi connectivity index (χ3n) is 2.55. The summed E-state index contributed by atoms with van der Waals surface area (Å²) in [6.07, 6.45) is 0. The van der Waals surface area contributed by atoms with Crippen LogP contribution in [-0.2, 0) is 9.53 Å². The molecule has 20 heavy (non-hydrogen) atoms. The number of nitrogens with zero attached hydrogens (tertiary/aromatic N) is 1. The van der Waals surface area contributed by atoms with E-state index in [0.29, 0.717) is 10.0 Å². The van der Waals surface area contributed by atoms with E-state index in [-0.39, 0.29) is 5.97 Å². The Hall–Kier alpha value is -1.11. The first-order valence-corrected chi connectivity index (χ1v) is 7.77. The lowest BCUT2D eigenvalue weighted by atomic mass is 10.2. The molecule has 0 saturated heterocycles. The Kier molecular flexibility index (Phi) is 5.01. The molecule has 2 aromatic rings. The Labute approximate surface area is 134 Å². The largest absolute Gasteiger partial charge is 0.467 e. The van der Waals surface area contributed by atoms with Crippen LogP contribution in [0.15, 0.2) is 28.1 Å². The van der Waals surface area contributed by atoms with Gasteiger partial charge in [-0.3, -0.25) is 0 Å². The number of hydrogen-bond donors (Lipinski definition) is 1. The Balaban J connectivity index is 2.28. The van der Waals surface area contributed by atoms with Crippen molar-refractivity contribution in [3.8, 4) is 0 Å². The van der Waals surface area contributed by atoms with Gasteiger partial charge in [-0.2, -0.15) is 0 Å². The average molecular weight is 376 g/mol. The number of nitrogens with one attached hydrogen (secondary N) is 1. The minimum atomic E-state index is -0.633. The molecule has 0 aliphatic heterocycles. The van der Waals surface area contributed by atoms with E-state index in [1.54, 1.807) is 18.2 Å². The topological polar surface area (TPSA) is 51.2 Å². The molecule has 106 valence electrons. The first-order chi connectivity index (χ1) is 9.51. The van der Waals surface area contributed by atoms with Gasteiger partial charge in [-0.25, -0.2) is 9.78 Å². The number of rotatable bonds is 4. The van der Waals surface area contributed by atoms with Crippen LogP contribution in [0.1, 0.15) is 16.7 Å². The quantitative estimate of drug-likeness (QED) is 0.814. The van der Waals surface area contributed by atoms with E-state index in [1.807, 2.05) is 12.3 Å². The Morgan fingerprint density at radius 2 is 2.30 bits per heavy atom. The maximum Gasteiger partial charge on any atom is 0.335 e. The summed E-state index contributed by atoms with van der Waals surface area (Å²) in [7, 11) is 1.36. The van der Waals surface area contributed by atoms with Gasteiger partial charge in [0.1, 0.15) is 5.01 Å². The highest BCUT2D eigenvalue weighted by molar-refractivity contribution is 9.10. The summed E-state index contributed by atoms with van der Waals surface area (Å²) >= 11 is 10.7. The van der Waals surface area contributed by atoms with Crippen LogP contribution in [0.4, 0.5) is 5.69 Å². The van der Waals surface area contributed by atoms with Gasteiger partial charge < -0.3 is 10.1 Å². The first kappa shape index (κ1) is 15.3. The SMILES string of the molecule is COC(=O)C(Nc1ccc(Cl)c(Br)c1)c1nc(C)cs1. The van der Waals surface area contributed by atoms with Crippen LogP contribution < -0.4 is 5.32 Å². The van der Waals surface area contributed by atoms with Gasteiger partial charge in [0.05, 0.1) is 12.1 Å². The van der Waals surface area contributed by atoms with Crippen molar-refractivity contribution in [1.29, 1.82) is 0 Å². The van der Waals surface area contributed by atoms with E-state index in [9.17, 15) is 4.79 Å². The van der Waals surface area contributed by atoms with Crippen molar-refractivity contribution in [3.05, 3.63) is 43.8 Å². The van der Waals surface area contributed by atoms with Crippen molar-refractivity contribution in [2.75, 3.05) is 12.4 Å². The molecule has 0 radical (unpaired) electrons. The van der Waals surface area contributed by atoms with Crippen molar-refractivity contribution < 1.29 is 9.53 Å². The van der Waals surface area contributed by atoms with Gasteiger partial charge in [0, 0.05) is 21.2 Å². The number of hydrogen-bond acceptors (Lipinski definition) is 5. The monoisotopic (exact) mass is 374 g/mol. The van der Waals surface area contributed by atoms with Gasteiger partial charge in [-0.05, 0) is 41.1 Å².